The van der Waals surface area contributed by atoms with E-state index in [-0.39, 0.29) is 11.0 Å². The Kier molecular flexibility index (Phi) is 2.93. The first kappa shape index (κ1) is 12.7. The van der Waals surface area contributed by atoms with Crippen LogP contribution in [-0.2, 0) is 12.5 Å². The van der Waals surface area contributed by atoms with E-state index in [0.717, 1.165) is 16.8 Å². The Labute approximate surface area is 107 Å². The van der Waals surface area contributed by atoms with Gasteiger partial charge in [-0.15, -0.1) is 0 Å². The Morgan fingerprint density at radius 2 is 1.78 bits per heavy atom. The van der Waals surface area contributed by atoms with E-state index < -0.39 is 0 Å². The average Bonchev–Trinajstić information content (AvgIpc) is 2.53. The normalized spacial score (nSPS) is 11.8. The Hall–Kier alpha value is -1.77. The van der Waals surface area contributed by atoms with Gasteiger partial charge in [0.15, 0.2) is 0 Å². The zero-order chi connectivity index (χ0) is 13.5. The molecule has 0 radical (unpaired) electrons. The van der Waals surface area contributed by atoms with Crippen LogP contribution in [0.4, 0.5) is 0 Å². The fourth-order valence-electron chi connectivity index (χ4n) is 2.39. The van der Waals surface area contributed by atoms with Gasteiger partial charge in [-0.05, 0) is 17.9 Å². The first-order valence-electron chi connectivity index (χ1n) is 6.18. The number of aromatic amines is 1. The maximum atomic E-state index is 12.1. The topological polar surface area (TPSA) is 37.8 Å². The molecule has 0 atom stereocenters. The Morgan fingerprint density at radius 1 is 1.17 bits per heavy atom. The summed E-state index contributed by atoms with van der Waals surface area (Å²) in [5.74, 6) is 0. The highest BCUT2D eigenvalue weighted by atomic mass is 16.1. The zero-order valence-corrected chi connectivity index (χ0v) is 11.7. The lowest BCUT2D eigenvalue weighted by molar-refractivity contribution is 0.587. The van der Waals surface area contributed by atoms with E-state index in [0.29, 0.717) is 0 Å². The van der Waals surface area contributed by atoms with E-state index in [1.54, 1.807) is 0 Å². The van der Waals surface area contributed by atoms with E-state index >= 15 is 0 Å². The second kappa shape index (κ2) is 4.16. The van der Waals surface area contributed by atoms with Gasteiger partial charge in [-0.3, -0.25) is 14.6 Å². The molecule has 0 bridgehead atoms. The SMILES string of the molecule is Cc1ccccc1-c1c(C(C)(C)C)c(=O)[nH]n1C. The van der Waals surface area contributed by atoms with Gasteiger partial charge in [0.2, 0.25) is 0 Å². The lowest BCUT2D eigenvalue weighted by atomic mass is 9.85. The number of aromatic nitrogens is 2. The lowest BCUT2D eigenvalue weighted by Gasteiger charge is -2.19. The number of hydrogen-bond donors (Lipinski definition) is 1. The maximum absolute atomic E-state index is 12.1. The largest absolute Gasteiger partial charge is 0.287 e. The van der Waals surface area contributed by atoms with Crippen LogP contribution in [0.5, 0.6) is 0 Å². The number of benzene rings is 1. The highest BCUT2D eigenvalue weighted by Gasteiger charge is 2.26. The summed E-state index contributed by atoms with van der Waals surface area (Å²) < 4.78 is 1.82. The van der Waals surface area contributed by atoms with Crippen molar-refractivity contribution in [2.24, 2.45) is 7.05 Å². The predicted octanol–water partition coefficient (Wildman–Crippen LogP) is 2.99. The third kappa shape index (κ3) is 2.01. The van der Waals surface area contributed by atoms with Crippen LogP contribution in [-0.4, -0.2) is 9.78 Å². The van der Waals surface area contributed by atoms with Crippen molar-refractivity contribution in [3.05, 3.63) is 45.7 Å². The number of rotatable bonds is 1. The van der Waals surface area contributed by atoms with Gasteiger partial charge in [0.05, 0.1) is 5.69 Å². The highest BCUT2D eigenvalue weighted by Crippen LogP contribution is 2.31. The molecule has 0 fully saturated rings. The molecule has 3 nitrogen and oxygen atoms in total. The second-order valence-corrected chi connectivity index (χ2v) is 5.79. The third-order valence-electron chi connectivity index (χ3n) is 3.22. The lowest BCUT2D eigenvalue weighted by Crippen LogP contribution is -2.21. The van der Waals surface area contributed by atoms with Crippen LogP contribution in [0.2, 0.25) is 0 Å². The summed E-state index contributed by atoms with van der Waals surface area (Å²) >= 11 is 0. The van der Waals surface area contributed by atoms with Crippen molar-refractivity contribution in [2.75, 3.05) is 0 Å². The molecule has 96 valence electrons. The van der Waals surface area contributed by atoms with Crippen LogP contribution < -0.4 is 5.56 Å². The minimum Gasteiger partial charge on any atom is -0.287 e. The van der Waals surface area contributed by atoms with Crippen molar-refractivity contribution >= 4 is 0 Å². The minimum absolute atomic E-state index is 0.00301. The highest BCUT2D eigenvalue weighted by molar-refractivity contribution is 5.68. The number of H-pyrrole nitrogens is 1. The number of nitrogens with zero attached hydrogens (tertiary/aromatic N) is 1. The molecule has 0 aliphatic carbocycles. The number of hydrogen-bond acceptors (Lipinski definition) is 1. The van der Waals surface area contributed by atoms with Gasteiger partial charge < -0.3 is 0 Å². The van der Waals surface area contributed by atoms with Crippen LogP contribution in [0.3, 0.4) is 0 Å². The summed E-state index contributed by atoms with van der Waals surface area (Å²) in [6.07, 6.45) is 0. The molecule has 1 aromatic heterocycles. The maximum Gasteiger partial charge on any atom is 0.268 e. The fourth-order valence-corrected chi connectivity index (χ4v) is 2.39. The van der Waals surface area contributed by atoms with Crippen molar-refractivity contribution in [1.29, 1.82) is 0 Å². The summed E-state index contributed by atoms with van der Waals surface area (Å²) in [6, 6.07) is 8.15. The molecule has 0 spiro atoms. The van der Waals surface area contributed by atoms with Crippen LogP contribution in [0.1, 0.15) is 31.9 Å². The van der Waals surface area contributed by atoms with Crippen LogP contribution >= 0.6 is 0 Å². The molecule has 1 N–H and O–H groups in total. The molecule has 0 saturated heterocycles. The minimum atomic E-state index is -0.174. The molecule has 0 saturated carbocycles. The average molecular weight is 244 g/mol. The van der Waals surface area contributed by atoms with Crippen LogP contribution in [0.25, 0.3) is 11.3 Å². The Balaban J connectivity index is 2.81. The molecule has 1 aromatic carbocycles. The first-order chi connectivity index (χ1) is 8.32. The van der Waals surface area contributed by atoms with Gasteiger partial charge in [0, 0.05) is 18.2 Å². The second-order valence-electron chi connectivity index (χ2n) is 5.79. The van der Waals surface area contributed by atoms with E-state index in [1.165, 1.54) is 5.56 Å². The van der Waals surface area contributed by atoms with Crippen molar-refractivity contribution in [1.82, 2.24) is 9.78 Å². The van der Waals surface area contributed by atoms with Crippen molar-refractivity contribution in [3.8, 4) is 11.3 Å². The van der Waals surface area contributed by atoms with Crippen molar-refractivity contribution in [3.63, 3.8) is 0 Å². The van der Waals surface area contributed by atoms with Gasteiger partial charge in [-0.1, -0.05) is 45.0 Å². The van der Waals surface area contributed by atoms with Gasteiger partial charge in [0.1, 0.15) is 0 Å². The predicted molar refractivity (Wildman–Crippen MR) is 74.9 cm³/mol. The van der Waals surface area contributed by atoms with Gasteiger partial charge >= 0.3 is 0 Å². The smallest absolute Gasteiger partial charge is 0.268 e. The molecule has 3 heteroatoms. The Morgan fingerprint density at radius 3 is 2.33 bits per heavy atom. The molecule has 0 aliphatic heterocycles. The van der Waals surface area contributed by atoms with Crippen LogP contribution in [0.15, 0.2) is 29.1 Å². The van der Waals surface area contributed by atoms with Crippen molar-refractivity contribution < 1.29 is 0 Å². The monoisotopic (exact) mass is 244 g/mol. The summed E-state index contributed by atoms with van der Waals surface area (Å²) in [5.41, 5.74) is 3.96. The molecule has 18 heavy (non-hydrogen) atoms. The zero-order valence-electron chi connectivity index (χ0n) is 11.7. The van der Waals surface area contributed by atoms with E-state index in [2.05, 4.69) is 44.9 Å². The molecular formula is C15H20N2O. The molecule has 2 rings (SSSR count). The van der Waals surface area contributed by atoms with Crippen LogP contribution in [0, 0.1) is 6.92 Å². The van der Waals surface area contributed by atoms with Crippen molar-refractivity contribution in [2.45, 2.75) is 33.1 Å². The number of aryl methyl sites for hydroxylation is 2. The molecule has 2 aromatic rings. The summed E-state index contributed by atoms with van der Waals surface area (Å²) in [5, 5.41) is 2.87. The quantitative estimate of drug-likeness (QED) is 0.822. The number of nitrogens with one attached hydrogen (secondary N) is 1. The first-order valence-corrected chi connectivity index (χ1v) is 6.18. The van der Waals surface area contributed by atoms with Gasteiger partial charge in [-0.2, -0.15) is 0 Å². The van der Waals surface area contributed by atoms with Gasteiger partial charge in [0.25, 0.3) is 5.56 Å². The molecule has 1 heterocycles. The summed E-state index contributed by atoms with van der Waals surface area (Å²) in [7, 11) is 1.89. The summed E-state index contributed by atoms with van der Waals surface area (Å²) in [6.45, 7) is 8.28. The van der Waals surface area contributed by atoms with Gasteiger partial charge in [-0.25, -0.2) is 0 Å². The molecule has 0 amide bonds. The molecule has 0 aliphatic rings. The standard InChI is InChI=1S/C15H20N2O/c1-10-8-6-7-9-11(10)13-12(15(2,3)4)14(18)16-17(13)5/h6-9H,1-5H3,(H,16,18). The molecule has 0 unspecified atom stereocenters. The van der Waals surface area contributed by atoms with E-state index in [1.807, 2.05) is 23.9 Å². The van der Waals surface area contributed by atoms with E-state index in [4.69, 9.17) is 0 Å². The third-order valence-corrected chi connectivity index (χ3v) is 3.22. The Bertz CT molecular complexity index is 627. The fraction of sp³-hybridized carbons (Fsp3) is 0.400. The van der Waals surface area contributed by atoms with E-state index in [9.17, 15) is 4.79 Å². The summed E-state index contributed by atoms with van der Waals surface area (Å²) in [4.78, 5) is 12.1. The molecular weight excluding hydrogens is 224 g/mol.